The standard InChI is InChI=1S/C15H24N2O2/c1-2-10-19-11-6-9-17-15(18)14(16)12-13-7-4-3-5-8-13/h3-5,7-8,14H,2,6,9-12,16H2,1H3,(H,17,18)/t14-/m0/s1. The lowest BCUT2D eigenvalue weighted by Gasteiger charge is -2.12. The quantitative estimate of drug-likeness (QED) is 0.664. The summed E-state index contributed by atoms with van der Waals surface area (Å²) in [5.41, 5.74) is 6.95. The van der Waals surface area contributed by atoms with Gasteiger partial charge in [0, 0.05) is 19.8 Å². The van der Waals surface area contributed by atoms with Gasteiger partial charge in [0.2, 0.25) is 5.91 Å². The molecule has 0 saturated heterocycles. The van der Waals surface area contributed by atoms with E-state index in [9.17, 15) is 4.79 Å². The Bertz CT molecular complexity index is 354. The fourth-order valence-corrected chi connectivity index (χ4v) is 1.72. The molecule has 1 amide bonds. The third-order valence-electron chi connectivity index (χ3n) is 2.75. The lowest BCUT2D eigenvalue weighted by atomic mass is 10.1. The molecule has 0 fully saturated rings. The maximum Gasteiger partial charge on any atom is 0.237 e. The molecule has 1 aromatic rings. The van der Waals surface area contributed by atoms with Crippen LogP contribution in [0.15, 0.2) is 30.3 Å². The smallest absolute Gasteiger partial charge is 0.237 e. The van der Waals surface area contributed by atoms with E-state index in [0.29, 0.717) is 19.6 Å². The Labute approximate surface area is 115 Å². The fraction of sp³-hybridized carbons (Fsp3) is 0.533. The van der Waals surface area contributed by atoms with Crippen molar-refractivity contribution in [3.05, 3.63) is 35.9 Å². The number of nitrogens with two attached hydrogens (primary N) is 1. The van der Waals surface area contributed by atoms with Gasteiger partial charge in [0.1, 0.15) is 0 Å². The molecule has 0 unspecified atom stereocenters. The van der Waals surface area contributed by atoms with Crippen LogP contribution in [-0.4, -0.2) is 31.7 Å². The van der Waals surface area contributed by atoms with Crippen molar-refractivity contribution in [2.24, 2.45) is 5.73 Å². The first kappa shape index (κ1) is 15.7. The summed E-state index contributed by atoms with van der Waals surface area (Å²) in [4.78, 5) is 11.8. The van der Waals surface area contributed by atoms with Gasteiger partial charge < -0.3 is 15.8 Å². The zero-order valence-corrected chi connectivity index (χ0v) is 11.6. The van der Waals surface area contributed by atoms with Crippen molar-refractivity contribution in [2.45, 2.75) is 32.2 Å². The Hall–Kier alpha value is -1.39. The second-order valence-electron chi connectivity index (χ2n) is 4.55. The van der Waals surface area contributed by atoms with E-state index in [1.54, 1.807) is 0 Å². The highest BCUT2D eigenvalue weighted by Crippen LogP contribution is 2.01. The van der Waals surface area contributed by atoms with Gasteiger partial charge in [0.25, 0.3) is 0 Å². The Morgan fingerprint density at radius 3 is 2.74 bits per heavy atom. The SMILES string of the molecule is CCCOCCCNC(=O)[C@@H](N)Cc1ccccc1. The van der Waals surface area contributed by atoms with E-state index in [1.165, 1.54) is 0 Å². The first-order valence-corrected chi connectivity index (χ1v) is 6.89. The van der Waals surface area contributed by atoms with Gasteiger partial charge in [0.15, 0.2) is 0 Å². The lowest BCUT2D eigenvalue weighted by Crippen LogP contribution is -2.42. The second-order valence-corrected chi connectivity index (χ2v) is 4.55. The summed E-state index contributed by atoms with van der Waals surface area (Å²) in [7, 11) is 0. The van der Waals surface area contributed by atoms with E-state index >= 15 is 0 Å². The molecule has 0 aromatic heterocycles. The lowest BCUT2D eigenvalue weighted by molar-refractivity contribution is -0.122. The van der Waals surface area contributed by atoms with Crippen LogP contribution in [-0.2, 0) is 16.0 Å². The molecule has 0 bridgehead atoms. The number of benzene rings is 1. The maximum absolute atomic E-state index is 11.8. The van der Waals surface area contributed by atoms with Crippen molar-refractivity contribution >= 4 is 5.91 Å². The second kappa shape index (κ2) is 9.53. The Kier molecular flexibility index (Phi) is 7.86. The van der Waals surface area contributed by atoms with E-state index < -0.39 is 6.04 Å². The van der Waals surface area contributed by atoms with Crippen LogP contribution < -0.4 is 11.1 Å². The van der Waals surface area contributed by atoms with Crippen LogP contribution in [0, 0.1) is 0 Å². The molecule has 19 heavy (non-hydrogen) atoms. The maximum atomic E-state index is 11.8. The van der Waals surface area contributed by atoms with Crippen molar-refractivity contribution < 1.29 is 9.53 Å². The zero-order valence-electron chi connectivity index (χ0n) is 11.6. The van der Waals surface area contributed by atoms with Crippen LogP contribution in [0.25, 0.3) is 0 Å². The molecule has 106 valence electrons. The molecule has 0 saturated carbocycles. The van der Waals surface area contributed by atoms with Crippen LogP contribution in [0.5, 0.6) is 0 Å². The minimum absolute atomic E-state index is 0.0978. The van der Waals surface area contributed by atoms with Crippen LogP contribution >= 0.6 is 0 Å². The number of carbonyl (C=O) groups is 1. The number of carbonyl (C=O) groups excluding carboxylic acids is 1. The van der Waals surface area contributed by atoms with Gasteiger partial charge >= 0.3 is 0 Å². The molecule has 1 rings (SSSR count). The summed E-state index contributed by atoms with van der Waals surface area (Å²) in [6.07, 6.45) is 2.41. The molecule has 4 nitrogen and oxygen atoms in total. The third-order valence-corrected chi connectivity index (χ3v) is 2.75. The predicted molar refractivity (Wildman–Crippen MR) is 76.9 cm³/mol. The van der Waals surface area contributed by atoms with Gasteiger partial charge in [-0.3, -0.25) is 4.79 Å². The topological polar surface area (TPSA) is 64.3 Å². The van der Waals surface area contributed by atoms with E-state index in [1.807, 2.05) is 30.3 Å². The summed E-state index contributed by atoms with van der Waals surface area (Å²) in [5, 5.41) is 2.84. The number of hydrogen-bond donors (Lipinski definition) is 2. The normalized spacial score (nSPS) is 12.1. The van der Waals surface area contributed by atoms with Crippen molar-refractivity contribution in [1.29, 1.82) is 0 Å². The van der Waals surface area contributed by atoms with Gasteiger partial charge in [-0.05, 0) is 24.8 Å². The Balaban J connectivity index is 2.15. The highest BCUT2D eigenvalue weighted by molar-refractivity contribution is 5.81. The summed E-state index contributed by atoms with van der Waals surface area (Å²) in [5.74, 6) is -0.0978. The van der Waals surface area contributed by atoms with Crippen molar-refractivity contribution in [2.75, 3.05) is 19.8 Å². The average molecular weight is 264 g/mol. The molecular weight excluding hydrogens is 240 g/mol. The van der Waals surface area contributed by atoms with Crippen LogP contribution in [0.2, 0.25) is 0 Å². The van der Waals surface area contributed by atoms with Gasteiger partial charge in [-0.25, -0.2) is 0 Å². The predicted octanol–water partition coefficient (Wildman–Crippen LogP) is 1.49. The minimum Gasteiger partial charge on any atom is -0.381 e. The molecule has 0 aliphatic heterocycles. The number of amides is 1. The van der Waals surface area contributed by atoms with Crippen LogP contribution in [0.4, 0.5) is 0 Å². The van der Waals surface area contributed by atoms with Crippen LogP contribution in [0.3, 0.4) is 0 Å². The number of ether oxygens (including phenoxy) is 1. The average Bonchev–Trinajstić information content (AvgIpc) is 2.43. The van der Waals surface area contributed by atoms with E-state index in [0.717, 1.165) is 25.0 Å². The van der Waals surface area contributed by atoms with Crippen LogP contribution in [0.1, 0.15) is 25.3 Å². The molecule has 0 aliphatic carbocycles. The fourth-order valence-electron chi connectivity index (χ4n) is 1.72. The molecule has 4 heteroatoms. The molecule has 1 aromatic carbocycles. The monoisotopic (exact) mass is 264 g/mol. The minimum atomic E-state index is -0.487. The first-order chi connectivity index (χ1) is 9.24. The van der Waals surface area contributed by atoms with E-state index in [-0.39, 0.29) is 5.91 Å². The molecule has 1 atom stereocenters. The molecule has 0 spiro atoms. The summed E-state index contributed by atoms with van der Waals surface area (Å²) < 4.78 is 5.34. The Morgan fingerprint density at radius 2 is 2.05 bits per heavy atom. The number of hydrogen-bond acceptors (Lipinski definition) is 3. The Morgan fingerprint density at radius 1 is 1.32 bits per heavy atom. The van der Waals surface area contributed by atoms with Crippen molar-refractivity contribution in [1.82, 2.24) is 5.32 Å². The van der Waals surface area contributed by atoms with Crippen molar-refractivity contribution in [3.8, 4) is 0 Å². The van der Waals surface area contributed by atoms with Gasteiger partial charge in [-0.2, -0.15) is 0 Å². The summed E-state index contributed by atoms with van der Waals surface area (Å²) >= 11 is 0. The molecule has 3 N–H and O–H groups in total. The zero-order chi connectivity index (χ0) is 13.9. The first-order valence-electron chi connectivity index (χ1n) is 6.89. The van der Waals surface area contributed by atoms with Gasteiger partial charge in [0.05, 0.1) is 6.04 Å². The third kappa shape index (κ3) is 6.94. The van der Waals surface area contributed by atoms with E-state index in [2.05, 4.69) is 12.2 Å². The van der Waals surface area contributed by atoms with E-state index in [4.69, 9.17) is 10.5 Å². The molecule has 0 aliphatic rings. The van der Waals surface area contributed by atoms with Gasteiger partial charge in [-0.15, -0.1) is 0 Å². The molecule has 0 heterocycles. The highest BCUT2D eigenvalue weighted by Gasteiger charge is 2.12. The summed E-state index contributed by atoms with van der Waals surface area (Å²) in [6.45, 7) is 4.15. The molecular formula is C15H24N2O2. The number of rotatable bonds is 9. The highest BCUT2D eigenvalue weighted by atomic mass is 16.5. The largest absolute Gasteiger partial charge is 0.381 e. The molecule has 0 radical (unpaired) electrons. The number of nitrogens with one attached hydrogen (secondary N) is 1. The summed E-state index contributed by atoms with van der Waals surface area (Å²) in [6, 6.07) is 9.32. The van der Waals surface area contributed by atoms with Crippen molar-refractivity contribution in [3.63, 3.8) is 0 Å². The van der Waals surface area contributed by atoms with Gasteiger partial charge in [-0.1, -0.05) is 37.3 Å².